The third kappa shape index (κ3) is 5.84. The van der Waals surface area contributed by atoms with Crippen molar-refractivity contribution in [3.05, 3.63) is 28.2 Å². The van der Waals surface area contributed by atoms with Gasteiger partial charge in [-0.3, -0.25) is 0 Å². The number of alkyl halides is 3. The van der Waals surface area contributed by atoms with Crippen molar-refractivity contribution in [2.24, 2.45) is 0 Å². The summed E-state index contributed by atoms with van der Waals surface area (Å²) in [6.45, 7) is 0.622. The fourth-order valence-corrected chi connectivity index (χ4v) is 2.55. The highest BCUT2D eigenvalue weighted by molar-refractivity contribution is 9.10. The first kappa shape index (κ1) is 16.6. The van der Waals surface area contributed by atoms with E-state index in [1.165, 1.54) is 0 Å². The maximum absolute atomic E-state index is 12.3. The lowest BCUT2D eigenvalue weighted by Gasteiger charge is -2.24. The van der Waals surface area contributed by atoms with Gasteiger partial charge in [-0.05, 0) is 31.0 Å². The molecule has 0 amide bonds. The average molecular weight is 368 g/mol. The lowest BCUT2D eigenvalue weighted by atomic mass is 10.1. The Balaban J connectivity index is 1.97. The molecule has 2 rings (SSSR count). The Hall–Kier alpha value is -0.790. The molecule has 1 aliphatic heterocycles. The molecule has 1 heterocycles. The molecule has 0 unspecified atom stereocenters. The minimum absolute atomic E-state index is 0.259. The van der Waals surface area contributed by atoms with Crippen molar-refractivity contribution in [3.8, 4) is 5.75 Å². The van der Waals surface area contributed by atoms with Crippen molar-refractivity contribution in [1.29, 1.82) is 0 Å². The van der Waals surface area contributed by atoms with Gasteiger partial charge in [-0.15, -0.1) is 0 Å². The zero-order chi connectivity index (χ0) is 15.3. The van der Waals surface area contributed by atoms with E-state index in [1.54, 1.807) is 18.2 Å². The molecular formula is C14H17BrF3NO2. The summed E-state index contributed by atoms with van der Waals surface area (Å²) in [4.78, 5) is 0. The number of rotatable bonds is 5. The van der Waals surface area contributed by atoms with Gasteiger partial charge in [-0.1, -0.05) is 15.9 Å². The van der Waals surface area contributed by atoms with Crippen molar-refractivity contribution < 1.29 is 22.6 Å². The Morgan fingerprint density at radius 2 is 2.00 bits per heavy atom. The zero-order valence-corrected chi connectivity index (χ0v) is 13.0. The summed E-state index contributed by atoms with van der Waals surface area (Å²) in [6.07, 6.45) is -2.52. The molecule has 1 saturated heterocycles. The molecular weight excluding hydrogens is 351 g/mol. The van der Waals surface area contributed by atoms with E-state index >= 15 is 0 Å². The van der Waals surface area contributed by atoms with Crippen LogP contribution in [0, 0.1) is 0 Å². The highest BCUT2D eigenvalue weighted by atomic mass is 79.9. The van der Waals surface area contributed by atoms with Crippen LogP contribution in [0.2, 0.25) is 0 Å². The molecule has 0 aromatic heterocycles. The number of benzene rings is 1. The van der Waals surface area contributed by atoms with Crippen LogP contribution in [-0.4, -0.2) is 32.0 Å². The number of hydrogen-bond acceptors (Lipinski definition) is 3. The monoisotopic (exact) mass is 367 g/mol. The van der Waals surface area contributed by atoms with E-state index in [-0.39, 0.29) is 5.75 Å². The minimum atomic E-state index is -4.33. The highest BCUT2D eigenvalue weighted by Gasteiger charge is 2.28. The van der Waals surface area contributed by atoms with E-state index in [1.807, 2.05) is 0 Å². The largest absolute Gasteiger partial charge is 0.484 e. The van der Waals surface area contributed by atoms with Crippen molar-refractivity contribution in [2.45, 2.75) is 31.6 Å². The Kier molecular flexibility index (Phi) is 5.89. The van der Waals surface area contributed by atoms with Gasteiger partial charge in [-0.2, -0.15) is 13.2 Å². The van der Waals surface area contributed by atoms with Crippen LogP contribution in [0.3, 0.4) is 0 Å². The van der Waals surface area contributed by atoms with E-state index in [4.69, 9.17) is 9.47 Å². The van der Waals surface area contributed by atoms with Gasteiger partial charge in [0, 0.05) is 35.8 Å². The molecule has 1 aromatic carbocycles. The first-order chi connectivity index (χ1) is 9.94. The molecule has 3 nitrogen and oxygen atoms in total. The van der Waals surface area contributed by atoms with Gasteiger partial charge in [0.1, 0.15) is 5.75 Å². The average Bonchev–Trinajstić information content (AvgIpc) is 2.44. The first-order valence-electron chi connectivity index (χ1n) is 6.73. The van der Waals surface area contributed by atoms with Gasteiger partial charge in [0.2, 0.25) is 0 Å². The van der Waals surface area contributed by atoms with Crippen LogP contribution in [0.25, 0.3) is 0 Å². The maximum atomic E-state index is 12.3. The van der Waals surface area contributed by atoms with Crippen molar-refractivity contribution in [1.82, 2.24) is 5.32 Å². The van der Waals surface area contributed by atoms with Crippen molar-refractivity contribution in [3.63, 3.8) is 0 Å². The summed E-state index contributed by atoms with van der Waals surface area (Å²) in [5.41, 5.74) is 0.708. The van der Waals surface area contributed by atoms with Gasteiger partial charge < -0.3 is 14.8 Å². The number of halogens is 4. The molecule has 0 aliphatic carbocycles. The standard InChI is InChI=1S/C14H17BrF3NO2/c15-11-1-2-13(21-9-14(16,17)18)10(7-11)8-19-12-3-5-20-6-4-12/h1-2,7,12,19H,3-6,8-9H2. The second-order valence-corrected chi connectivity index (χ2v) is 5.84. The Morgan fingerprint density at radius 1 is 1.29 bits per heavy atom. The summed E-state index contributed by atoms with van der Waals surface area (Å²) in [5.74, 6) is 0.259. The lowest BCUT2D eigenvalue weighted by molar-refractivity contribution is -0.153. The lowest BCUT2D eigenvalue weighted by Crippen LogP contribution is -2.34. The normalized spacial score (nSPS) is 17.0. The van der Waals surface area contributed by atoms with E-state index in [0.29, 0.717) is 31.4 Å². The smallest absolute Gasteiger partial charge is 0.422 e. The molecule has 0 radical (unpaired) electrons. The summed E-state index contributed by atoms with van der Waals surface area (Å²) in [6, 6.07) is 5.33. The fourth-order valence-electron chi connectivity index (χ4n) is 2.14. The molecule has 21 heavy (non-hydrogen) atoms. The first-order valence-corrected chi connectivity index (χ1v) is 7.52. The van der Waals surface area contributed by atoms with Gasteiger partial charge in [-0.25, -0.2) is 0 Å². The number of hydrogen-bond donors (Lipinski definition) is 1. The third-order valence-corrected chi connectivity index (χ3v) is 3.71. The predicted molar refractivity (Wildman–Crippen MR) is 76.4 cm³/mol. The highest BCUT2D eigenvalue weighted by Crippen LogP contribution is 2.26. The predicted octanol–water partition coefficient (Wildman–Crippen LogP) is 3.66. The summed E-state index contributed by atoms with van der Waals surface area (Å²) in [5, 5.41) is 3.34. The molecule has 0 spiro atoms. The van der Waals surface area contributed by atoms with E-state index < -0.39 is 12.8 Å². The maximum Gasteiger partial charge on any atom is 0.422 e. The quantitative estimate of drug-likeness (QED) is 0.861. The van der Waals surface area contributed by atoms with E-state index in [0.717, 1.165) is 17.3 Å². The van der Waals surface area contributed by atoms with Gasteiger partial charge in [0.05, 0.1) is 0 Å². The van der Waals surface area contributed by atoms with Crippen LogP contribution in [0.4, 0.5) is 13.2 Å². The Bertz CT molecular complexity index is 462. The van der Waals surface area contributed by atoms with Crippen LogP contribution in [0.1, 0.15) is 18.4 Å². The molecule has 0 atom stereocenters. The SMILES string of the molecule is FC(F)(F)COc1ccc(Br)cc1CNC1CCOCC1. The van der Waals surface area contributed by atoms with Gasteiger partial charge >= 0.3 is 6.18 Å². The van der Waals surface area contributed by atoms with Crippen LogP contribution in [0.15, 0.2) is 22.7 Å². The molecule has 7 heteroatoms. The molecule has 0 saturated carbocycles. The molecule has 1 N–H and O–H groups in total. The van der Waals surface area contributed by atoms with Crippen LogP contribution < -0.4 is 10.1 Å². The summed E-state index contributed by atoms with van der Waals surface area (Å²) < 4.78 is 47.8. The molecule has 0 bridgehead atoms. The fraction of sp³-hybridized carbons (Fsp3) is 0.571. The topological polar surface area (TPSA) is 30.5 Å². The second-order valence-electron chi connectivity index (χ2n) is 4.92. The minimum Gasteiger partial charge on any atom is -0.484 e. The second kappa shape index (κ2) is 7.47. The van der Waals surface area contributed by atoms with Crippen LogP contribution in [-0.2, 0) is 11.3 Å². The van der Waals surface area contributed by atoms with E-state index in [2.05, 4.69) is 21.2 Å². The van der Waals surface area contributed by atoms with Gasteiger partial charge in [0.15, 0.2) is 6.61 Å². The molecule has 1 fully saturated rings. The Labute approximate surface area is 129 Å². The van der Waals surface area contributed by atoms with Crippen LogP contribution in [0.5, 0.6) is 5.75 Å². The molecule has 1 aliphatic rings. The van der Waals surface area contributed by atoms with E-state index in [9.17, 15) is 13.2 Å². The zero-order valence-electron chi connectivity index (χ0n) is 11.4. The Morgan fingerprint density at radius 3 is 2.67 bits per heavy atom. The van der Waals surface area contributed by atoms with Crippen molar-refractivity contribution in [2.75, 3.05) is 19.8 Å². The third-order valence-electron chi connectivity index (χ3n) is 3.22. The van der Waals surface area contributed by atoms with Crippen molar-refractivity contribution >= 4 is 15.9 Å². The summed E-state index contributed by atoms with van der Waals surface area (Å²) >= 11 is 3.33. The molecule has 118 valence electrons. The summed E-state index contributed by atoms with van der Waals surface area (Å²) in [7, 11) is 0. The molecule has 1 aromatic rings. The number of nitrogens with one attached hydrogen (secondary N) is 1. The van der Waals surface area contributed by atoms with Gasteiger partial charge in [0.25, 0.3) is 0 Å². The number of ether oxygens (including phenoxy) is 2. The van der Waals surface area contributed by atoms with Crippen LogP contribution >= 0.6 is 15.9 Å².